The fourth-order valence-electron chi connectivity index (χ4n) is 2.56. The summed E-state index contributed by atoms with van der Waals surface area (Å²) < 4.78 is 4.38. The standard InChI is InChI=1S/C21H21ClN4O2S/c1-13(2)20(27)25-18-17(16-5-3-4-11-23-16)26-29-19(18)21(28)24-12-10-14-6-8-15(22)9-7-14/h3-9,11,13H,10,12H2,1-2H3,(H,24,28)(H,25,27). The van der Waals surface area contributed by atoms with Crippen molar-refractivity contribution < 1.29 is 9.59 Å². The van der Waals surface area contributed by atoms with Gasteiger partial charge in [-0.15, -0.1) is 0 Å². The molecule has 0 saturated heterocycles. The summed E-state index contributed by atoms with van der Waals surface area (Å²) in [5.41, 5.74) is 2.56. The summed E-state index contributed by atoms with van der Waals surface area (Å²) in [6.45, 7) is 4.04. The summed E-state index contributed by atoms with van der Waals surface area (Å²) in [7, 11) is 0. The minimum atomic E-state index is -0.280. The fourth-order valence-corrected chi connectivity index (χ4v) is 3.45. The molecule has 29 heavy (non-hydrogen) atoms. The van der Waals surface area contributed by atoms with Gasteiger partial charge in [0, 0.05) is 23.7 Å². The molecule has 2 amide bonds. The van der Waals surface area contributed by atoms with E-state index in [4.69, 9.17) is 11.6 Å². The van der Waals surface area contributed by atoms with E-state index in [0.717, 1.165) is 17.1 Å². The Hall–Kier alpha value is -2.77. The molecule has 3 rings (SSSR count). The van der Waals surface area contributed by atoms with Gasteiger partial charge in [-0.3, -0.25) is 14.6 Å². The molecule has 0 unspecified atom stereocenters. The highest BCUT2D eigenvalue weighted by Crippen LogP contribution is 2.32. The van der Waals surface area contributed by atoms with E-state index in [9.17, 15) is 9.59 Å². The Morgan fingerprint density at radius 3 is 2.55 bits per heavy atom. The Balaban J connectivity index is 1.78. The van der Waals surface area contributed by atoms with E-state index in [1.165, 1.54) is 0 Å². The maximum atomic E-state index is 12.8. The predicted octanol–water partition coefficient (Wildman–Crippen LogP) is 4.43. The Morgan fingerprint density at radius 2 is 1.90 bits per heavy atom. The molecule has 2 N–H and O–H groups in total. The third-order valence-corrected chi connectivity index (χ3v) is 5.29. The van der Waals surface area contributed by atoms with Gasteiger partial charge in [0.05, 0.1) is 11.4 Å². The molecular weight excluding hydrogens is 408 g/mol. The smallest absolute Gasteiger partial charge is 0.265 e. The molecule has 0 aliphatic rings. The summed E-state index contributed by atoms with van der Waals surface area (Å²) in [5.74, 6) is -0.692. The lowest BCUT2D eigenvalue weighted by Gasteiger charge is -2.10. The van der Waals surface area contributed by atoms with Crippen molar-refractivity contribution in [2.24, 2.45) is 5.92 Å². The maximum Gasteiger partial charge on any atom is 0.265 e. The molecule has 0 aliphatic carbocycles. The van der Waals surface area contributed by atoms with Crippen LogP contribution in [0.4, 0.5) is 5.69 Å². The number of carbonyl (C=O) groups is 2. The zero-order valence-electron chi connectivity index (χ0n) is 16.1. The normalized spacial score (nSPS) is 10.8. The lowest BCUT2D eigenvalue weighted by atomic mass is 10.1. The second kappa shape index (κ2) is 9.62. The van der Waals surface area contributed by atoms with Gasteiger partial charge in [-0.1, -0.05) is 43.6 Å². The van der Waals surface area contributed by atoms with Crippen LogP contribution in [0, 0.1) is 5.92 Å². The van der Waals surface area contributed by atoms with Crippen molar-refractivity contribution in [1.82, 2.24) is 14.7 Å². The molecular formula is C21H21ClN4O2S. The number of nitrogens with zero attached hydrogens (tertiary/aromatic N) is 2. The van der Waals surface area contributed by atoms with Crippen molar-refractivity contribution in [2.75, 3.05) is 11.9 Å². The van der Waals surface area contributed by atoms with Crippen molar-refractivity contribution in [3.8, 4) is 11.4 Å². The molecule has 0 fully saturated rings. The van der Waals surface area contributed by atoms with Crippen LogP contribution < -0.4 is 10.6 Å². The molecule has 8 heteroatoms. The first kappa shape index (κ1) is 21.0. The third-order valence-electron chi connectivity index (χ3n) is 4.19. The van der Waals surface area contributed by atoms with Gasteiger partial charge in [0.2, 0.25) is 5.91 Å². The summed E-state index contributed by atoms with van der Waals surface area (Å²) in [4.78, 5) is 29.7. The Morgan fingerprint density at radius 1 is 1.14 bits per heavy atom. The zero-order valence-corrected chi connectivity index (χ0v) is 17.7. The minimum Gasteiger partial charge on any atom is -0.351 e. The van der Waals surface area contributed by atoms with Crippen LogP contribution in [-0.4, -0.2) is 27.7 Å². The first-order chi connectivity index (χ1) is 14.0. The van der Waals surface area contributed by atoms with E-state index in [1.807, 2.05) is 30.3 Å². The van der Waals surface area contributed by atoms with E-state index in [1.54, 1.807) is 32.2 Å². The van der Waals surface area contributed by atoms with Crippen molar-refractivity contribution in [3.05, 3.63) is 64.1 Å². The van der Waals surface area contributed by atoms with Crippen LogP contribution in [-0.2, 0) is 11.2 Å². The van der Waals surface area contributed by atoms with Gasteiger partial charge in [-0.25, -0.2) is 0 Å². The molecule has 3 aromatic rings. The molecule has 1 aromatic carbocycles. The highest BCUT2D eigenvalue weighted by molar-refractivity contribution is 7.09. The first-order valence-corrected chi connectivity index (χ1v) is 10.4. The SMILES string of the molecule is CC(C)C(=O)Nc1c(-c2ccccn2)nsc1C(=O)NCCc1ccc(Cl)cc1. The molecule has 0 radical (unpaired) electrons. The summed E-state index contributed by atoms with van der Waals surface area (Å²) in [6.07, 6.45) is 2.32. The molecule has 0 bridgehead atoms. The first-order valence-electron chi connectivity index (χ1n) is 9.20. The van der Waals surface area contributed by atoms with Gasteiger partial charge >= 0.3 is 0 Å². The number of amides is 2. The number of hydrogen-bond donors (Lipinski definition) is 2. The van der Waals surface area contributed by atoms with Crippen LogP contribution in [0.2, 0.25) is 5.02 Å². The van der Waals surface area contributed by atoms with E-state index >= 15 is 0 Å². The number of anilines is 1. The number of nitrogens with one attached hydrogen (secondary N) is 2. The summed E-state index contributed by atoms with van der Waals surface area (Å²) >= 11 is 6.94. The van der Waals surface area contributed by atoms with Crippen molar-refractivity contribution >= 4 is 40.6 Å². The second-order valence-electron chi connectivity index (χ2n) is 6.73. The van der Waals surface area contributed by atoms with Crippen molar-refractivity contribution in [2.45, 2.75) is 20.3 Å². The number of pyridine rings is 1. The molecule has 2 aromatic heterocycles. The van der Waals surface area contributed by atoms with Gasteiger partial charge in [0.1, 0.15) is 10.6 Å². The lowest BCUT2D eigenvalue weighted by Crippen LogP contribution is -2.27. The van der Waals surface area contributed by atoms with E-state index in [-0.39, 0.29) is 17.7 Å². The fraction of sp³-hybridized carbons (Fsp3) is 0.238. The monoisotopic (exact) mass is 428 g/mol. The Bertz CT molecular complexity index is 988. The molecule has 0 spiro atoms. The van der Waals surface area contributed by atoms with Gasteiger partial charge < -0.3 is 10.6 Å². The van der Waals surface area contributed by atoms with Gasteiger partial charge in [-0.2, -0.15) is 4.37 Å². The largest absolute Gasteiger partial charge is 0.351 e. The van der Waals surface area contributed by atoms with E-state index in [0.29, 0.717) is 39.9 Å². The average Bonchev–Trinajstić information content (AvgIpc) is 3.13. The number of hydrogen-bond acceptors (Lipinski definition) is 5. The molecule has 0 saturated carbocycles. The average molecular weight is 429 g/mol. The third kappa shape index (κ3) is 5.40. The van der Waals surface area contributed by atoms with Crippen LogP contribution in [0.5, 0.6) is 0 Å². The van der Waals surface area contributed by atoms with E-state index < -0.39 is 0 Å². The van der Waals surface area contributed by atoms with Gasteiger partial charge in [0.25, 0.3) is 5.91 Å². The molecule has 0 aliphatic heterocycles. The number of rotatable bonds is 7. The van der Waals surface area contributed by atoms with Crippen LogP contribution in [0.1, 0.15) is 29.1 Å². The predicted molar refractivity (Wildman–Crippen MR) is 116 cm³/mol. The van der Waals surface area contributed by atoms with Crippen molar-refractivity contribution in [3.63, 3.8) is 0 Å². The lowest BCUT2D eigenvalue weighted by molar-refractivity contribution is -0.118. The van der Waals surface area contributed by atoms with Crippen molar-refractivity contribution in [1.29, 1.82) is 0 Å². The van der Waals surface area contributed by atoms with Gasteiger partial charge in [-0.05, 0) is 47.8 Å². The number of halogens is 1. The Labute approximate surface area is 178 Å². The molecule has 0 atom stereocenters. The van der Waals surface area contributed by atoms with E-state index in [2.05, 4.69) is 20.0 Å². The highest BCUT2D eigenvalue weighted by atomic mass is 35.5. The molecule has 150 valence electrons. The zero-order chi connectivity index (χ0) is 20.8. The maximum absolute atomic E-state index is 12.8. The number of aromatic nitrogens is 2. The minimum absolute atomic E-state index is 0.183. The number of benzene rings is 1. The quantitative estimate of drug-likeness (QED) is 0.583. The Kier molecular flexibility index (Phi) is 6.95. The second-order valence-corrected chi connectivity index (χ2v) is 7.94. The van der Waals surface area contributed by atoms with Gasteiger partial charge in [0.15, 0.2) is 0 Å². The molecule has 6 nitrogen and oxygen atoms in total. The summed E-state index contributed by atoms with van der Waals surface area (Å²) in [6, 6.07) is 12.9. The highest BCUT2D eigenvalue weighted by Gasteiger charge is 2.23. The molecule has 2 heterocycles. The van der Waals surface area contributed by atoms with Crippen LogP contribution >= 0.6 is 23.1 Å². The topological polar surface area (TPSA) is 84.0 Å². The summed E-state index contributed by atoms with van der Waals surface area (Å²) in [5, 5.41) is 6.42. The number of carbonyl (C=O) groups excluding carboxylic acids is 2. The van der Waals surface area contributed by atoms with Crippen LogP contribution in [0.25, 0.3) is 11.4 Å². The van der Waals surface area contributed by atoms with Crippen LogP contribution in [0.3, 0.4) is 0 Å². The van der Waals surface area contributed by atoms with Crippen LogP contribution in [0.15, 0.2) is 48.7 Å².